The molecule has 5 rings (SSSR count). The van der Waals surface area contributed by atoms with Gasteiger partial charge in [-0.15, -0.1) is 0 Å². The Morgan fingerprint density at radius 3 is 2.55 bits per heavy atom. The molecule has 2 aromatic heterocycles. The molecule has 0 spiro atoms. The van der Waals surface area contributed by atoms with E-state index < -0.39 is 6.61 Å². The summed E-state index contributed by atoms with van der Waals surface area (Å²) in [6.07, 6.45) is 3.48. The molecule has 0 radical (unpaired) electrons. The molecule has 9 nitrogen and oxygen atoms in total. The molecular weight excluding hydrogens is 586 g/mol. The molecule has 0 saturated carbocycles. The topological polar surface area (TPSA) is 85.5 Å². The third-order valence-corrected chi connectivity index (χ3v) is 7.95. The van der Waals surface area contributed by atoms with Gasteiger partial charge in [-0.1, -0.05) is 34.1 Å². The van der Waals surface area contributed by atoms with Crippen LogP contribution in [0.4, 0.5) is 14.7 Å². The molecule has 1 aliphatic rings. The van der Waals surface area contributed by atoms with E-state index in [-0.39, 0.29) is 29.8 Å². The maximum Gasteiger partial charge on any atom is 0.387 e. The van der Waals surface area contributed by atoms with E-state index in [9.17, 15) is 18.4 Å². The fourth-order valence-corrected chi connectivity index (χ4v) is 5.78. The number of hydrogen-bond acceptors (Lipinski definition) is 6. The second-order valence-corrected chi connectivity index (χ2v) is 10.4. The number of ether oxygens (including phenoxy) is 1. The maximum atomic E-state index is 13.1. The first-order valence-corrected chi connectivity index (χ1v) is 14.0. The van der Waals surface area contributed by atoms with Crippen molar-refractivity contribution in [1.29, 1.82) is 0 Å². The number of nitrogens with zero attached hydrogens (tertiary/aromatic N) is 6. The Morgan fingerprint density at radius 2 is 1.90 bits per heavy atom. The molecule has 2 aromatic carbocycles. The first kappa shape index (κ1) is 27.8. The molecule has 0 aliphatic carbocycles. The van der Waals surface area contributed by atoms with Crippen LogP contribution in [0.3, 0.4) is 0 Å². The van der Waals surface area contributed by atoms with Crippen molar-refractivity contribution < 1.29 is 18.3 Å². The number of fused-ring (bicyclic) bond motifs is 1. The van der Waals surface area contributed by atoms with Gasteiger partial charge in [-0.25, -0.2) is 9.97 Å². The van der Waals surface area contributed by atoms with Gasteiger partial charge in [0.1, 0.15) is 5.75 Å². The highest BCUT2D eigenvalue weighted by molar-refractivity contribution is 9.08. The van der Waals surface area contributed by atoms with Gasteiger partial charge in [0.15, 0.2) is 0 Å². The Morgan fingerprint density at radius 1 is 1.15 bits per heavy atom. The van der Waals surface area contributed by atoms with E-state index in [0.717, 1.165) is 16.7 Å². The third kappa shape index (κ3) is 5.32. The number of benzene rings is 2. The molecule has 0 N–H and O–H groups in total. The van der Waals surface area contributed by atoms with E-state index >= 15 is 0 Å². The van der Waals surface area contributed by atoms with Crippen molar-refractivity contribution in [3.05, 3.63) is 70.3 Å². The molecule has 210 valence electrons. The minimum atomic E-state index is -2.97. The zero-order chi connectivity index (χ0) is 28.6. The highest BCUT2D eigenvalue weighted by atomic mass is 79.9. The summed E-state index contributed by atoms with van der Waals surface area (Å²) < 4.78 is 34.3. The fraction of sp³-hybridized carbons (Fsp3) is 0.357. The molecular formula is C28H29BrF2N6O3. The van der Waals surface area contributed by atoms with Crippen molar-refractivity contribution >= 4 is 38.7 Å². The normalized spacial score (nSPS) is 15.7. The van der Waals surface area contributed by atoms with Gasteiger partial charge in [0, 0.05) is 68.5 Å². The predicted molar refractivity (Wildman–Crippen MR) is 152 cm³/mol. The summed E-state index contributed by atoms with van der Waals surface area (Å²) in [6, 6.07) is 10.5. The summed E-state index contributed by atoms with van der Waals surface area (Å²) in [5.74, 6) is 0.723. The largest absolute Gasteiger partial charge is 0.434 e. The molecule has 0 bridgehead atoms. The van der Waals surface area contributed by atoms with Crippen molar-refractivity contribution in [1.82, 2.24) is 24.2 Å². The number of amides is 1. The lowest BCUT2D eigenvalue weighted by atomic mass is 10.1. The Labute approximate surface area is 238 Å². The van der Waals surface area contributed by atoms with Crippen LogP contribution < -0.4 is 15.2 Å². The minimum absolute atomic E-state index is 0.0617. The lowest BCUT2D eigenvalue weighted by molar-refractivity contribution is -0.131. The van der Waals surface area contributed by atoms with Crippen LogP contribution in [0.2, 0.25) is 0 Å². The Hall–Kier alpha value is -3.80. The molecule has 4 aromatic rings. The summed E-state index contributed by atoms with van der Waals surface area (Å²) in [5.41, 5.74) is 3.38. The Bertz CT molecular complexity index is 1600. The number of alkyl halides is 3. The second kappa shape index (κ2) is 11.4. The molecule has 1 aliphatic heterocycles. The van der Waals surface area contributed by atoms with Crippen LogP contribution in [0.15, 0.2) is 53.6 Å². The number of carbonyl (C=O) groups excluding carboxylic acids is 1. The summed E-state index contributed by atoms with van der Waals surface area (Å²) in [5, 5.41) is 0.946. The molecule has 1 saturated heterocycles. The van der Waals surface area contributed by atoms with Gasteiger partial charge < -0.3 is 14.5 Å². The summed E-state index contributed by atoms with van der Waals surface area (Å²) in [6.45, 7) is 2.69. The van der Waals surface area contributed by atoms with E-state index in [1.54, 1.807) is 43.2 Å². The van der Waals surface area contributed by atoms with Crippen molar-refractivity contribution in [2.75, 3.05) is 24.5 Å². The van der Waals surface area contributed by atoms with Crippen LogP contribution >= 0.6 is 15.9 Å². The molecule has 1 atom stereocenters. The quantitative estimate of drug-likeness (QED) is 0.287. The average Bonchev–Trinajstić information content (AvgIpc) is 3.17. The Balaban J connectivity index is 1.47. The van der Waals surface area contributed by atoms with E-state index in [1.165, 1.54) is 10.7 Å². The van der Waals surface area contributed by atoms with Crippen molar-refractivity contribution in [3.8, 4) is 16.9 Å². The van der Waals surface area contributed by atoms with Crippen LogP contribution in [0.25, 0.3) is 22.0 Å². The number of carbonyl (C=O) groups is 1. The van der Waals surface area contributed by atoms with Crippen LogP contribution in [-0.2, 0) is 23.7 Å². The minimum Gasteiger partial charge on any atom is -0.434 e. The van der Waals surface area contributed by atoms with Gasteiger partial charge in [0.25, 0.3) is 5.56 Å². The number of hydrogen-bond donors (Lipinski definition) is 0. The molecule has 3 heterocycles. The van der Waals surface area contributed by atoms with E-state index in [0.29, 0.717) is 47.4 Å². The highest BCUT2D eigenvalue weighted by Crippen LogP contribution is 2.29. The second-order valence-electron chi connectivity index (χ2n) is 9.80. The predicted octanol–water partition coefficient (Wildman–Crippen LogP) is 4.40. The maximum absolute atomic E-state index is 13.1. The van der Waals surface area contributed by atoms with Gasteiger partial charge in [0.05, 0.1) is 17.4 Å². The number of anilines is 1. The van der Waals surface area contributed by atoms with E-state index in [1.807, 2.05) is 30.0 Å². The molecule has 1 fully saturated rings. The number of halogens is 3. The van der Waals surface area contributed by atoms with Crippen molar-refractivity contribution in [2.45, 2.75) is 38.4 Å². The van der Waals surface area contributed by atoms with E-state index in [2.05, 4.69) is 30.8 Å². The summed E-state index contributed by atoms with van der Waals surface area (Å²) in [4.78, 5) is 37.9. The van der Waals surface area contributed by atoms with Crippen molar-refractivity contribution in [3.63, 3.8) is 0 Å². The molecule has 40 heavy (non-hydrogen) atoms. The SMILES string of the molecule is CC(=O)N1CCN(c2ncc(-c3ccc4c(=O)n(C)n(Cc5c(CBr)cccc5OC(F)F)c4c3)cn2)CC1C. The first-order chi connectivity index (χ1) is 19.2. The smallest absolute Gasteiger partial charge is 0.387 e. The number of rotatable bonds is 7. The van der Waals surface area contributed by atoms with Gasteiger partial charge in [0.2, 0.25) is 11.9 Å². The fourth-order valence-electron chi connectivity index (χ4n) is 5.25. The molecule has 1 unspecified atom stereocenters. The summed E-state index contributed by atoms with van der Waals surface area (Å²) in [7, 11) is 1.65. The lowest BCUT2D eigenvalue weighted by Gasteiger charge is -2.39. The average molecular weight is 615 g/mol. The zero-order valence-corrected chi connectivity index (χ0v) is 23.9. The molecule has 12 heteroatoms. The van der Waals surface area contributed by atoms with Crippen LogP contribution in [0.1, 0.15) is 25.0 Å². The standard InChI is InChI=1S/C28H29BrF2N6O3/c1-17-15-35(9-10-36(17)18(2)38)28-32-13-21(14-33-28)19-7-8-22-24(11-19)37(34(3)26(22)39)16-23-20(12-29)5-4-6-25(23)40-27(30)31/h4-8,11,13-14,17,27H,9-10,12,15-16H2,1-3H3. The monoisotopic (exact) mass is 614 g/mol. The van der Waals surface area contributed by atoms with Crippen LogP contribution in [0, 0.1) is 0 Å². The third-order valence-electron chi connectivity index (χ3n) is 7.35. The summed E-state index contributed by atoms with van der Waals surface area (Å²) >= 11 is 3.43. The van der Waals surface area contributed by atoms with Gasteiger partial charge in [-0.05, 0) is 36.2 Å². The Kier molecular flexibility index (Phi) is 7.88. The van der Waals surface area contributed by atoms with Crippen molar-refractivity contribution in [2.24, 2.45) is 7.05 Å². The number of aromatic nitrogens is 4. The van der Waals surface area contributed by atoms with Gasteiger partial charge in [-0.2, -0.15) is 8.78 Å². The van der Waals surface area contributed by atoms with Crippen LogP contribution in [-0.4, -0.2) is 62.4 Å². The number of piperazine rings is 1. The first-order valence-electron chi connectivity index (χ1n) is 12.8. The van der Waals surface area contributed by atoms with E-state index in [4.69, 9.17) is 4.74 Å². The zero-order valence-electron chi connectivity index (χ0n) is 22.4. The van der Waals surface area contributed by atoms with Gasteiger partial charge in [-0.3, -0.25) is 19.0 Å². The molecule has 1 amide bonds. The van der Waals surface area contributed by atoms with Gasteiger partial charge >= 0.3 is 6.61 Å². The lowest BCUT2D eigenvalue weighted by Crippen LogP contribution is -2.53. The van der Waals surface area contributed by atoms with Crippen LogP contribution in [0.5, 0.6) is 5.75 Å². The highest BCUT2D eigenvalue weighted by Gasteiger charge is 2.26.